The van der Waals surface area contributed by atoms with Crippen molar-refractivity contribution >= 4 is 25.0 Å². The normalized spacial score (nSPS) is 14.0. The molecule has 0 unspecified atom stereocenters. The molecule has 0 N–H and O–H groups in total. The van der Waals surface area contributed by atoms with E-state index in [2.05, 4.69) is 57.6 Å². The fourth-order valence-corrected chi connectivity index (χ4v) is 12.9. The van der Waals surface area contributed by atoms with Crippen LogP contribution in [-0.4, -0.2) is 46.3 Å². The average Bonchev–Trinajstić information content (AvgIpc) is 2.98. The minimum atomic E-state index is -2.65. The summed E-state index contributed by atoms with van der Waals surface area (Å²) in [6.45, 7) is 17.7. The van der Waals surface area contributed by atoms with Crippen LogP contribution in [0.2, 0.25) is 44.3 Å². The minimum Gasteiger partial charge on any atom is -0.377 e. The van der Waals surface area contributed by atoms with Crippen molar-refractivity contribution < 1.29 is 34.3 Å². The summed E-state index contributed by atoms with van der Waals surface area (Å²) in [5.74, 6) is 0. The van der Waals surface area contributed by atoms with Crippen molar-refractivity contribution in [1.82, 2.24) is 0 Å². The molecule has 1 aliphatic carbocycles. The van der Waals surface area contributed by atoms with E-state index in [0.717, 1.165) is 24.6 Å². The van der Waals surface area contributed by atoms with Crippen molar-refractivity contribution in [3.63, 3.8) is 0 Å². The molecule has 0 spiro atoms. The molecule has 0 atom stereocenters. The molecule has 0 heterocycles. The Morgan fingerprint density at radius 3 is 1.66 bits per heavy atom. The van der Waals surface area contributed by atoms with Crippen molar-refractivity contribution in [3.05, 3.63) is 69.6 Å². The third-order valence-corrected chi connectivity index (χ3v) is 14.4. The Labute approximate surface area is 200 Å². The zero-order chi connectivity index (χ0) is 19.3. The van der Waals surface area contributed by atoms with Crippen molar-refractivity contribution in [2.24, 2.45) is 0 Å². The van der Waals surface area contributed by atoms with Crippen LogP contribution in [0.5, 0.6) is 0 Å². The summed E-state index contributed by atoms with van der Waals surface area (Å²) in [7, 11) is -0.836. The van der Waals surface area contributed by atoms with Gasteiger partial charge in [-0.05, 0) is 14.1 Å². The molecule has 0 aromatic heterocycles. The summed E-state index contributed by atoms with van der Waals surface area (Å²) in [5.41, 5.74) is 1.41. The maximum atomic E-state index is 5.70. The van der Waals surface area contributed by atoms with Gasteiger partial charge in [0.05, 0.1) is 0 Å². The SMILES string of the molecule is C=CC[Si](C)(C)C1=[C-]CC(C[Si](OC)(OC)OC)=C1[Si](C)(C)CC=C.[CH3-].[CH3-].[CH3-].[Pt+4]. The van der Waals surface area contributed by atoms with E-state index in [1.54, 1.807) is 26.5 Å². The minimum absolute atomic E-state index is 0. The molecule has 0 fully saturated rings. The molecule has 0 aromatic carbocycles. The van der Waals surface area contributed by atoms with Gasteiger partial charge >= 0.3 is 29.9 Å². The van der Waals surface area contributed by atoms with Crippen molar-refractivity contribution in [2.75, 3.05) is 21.3 Å². The summed E-state index contributed by atoms with van der Waals surface area (Å²) < 4.78 is 17.1. The molecule has 29 heavy (non-hydrogen) atoms. The standard InChI is InChI=1S/C19H35O3Si3.3CH3.Pt/c1-10-14-23(6,7)18-13-12-17(16-25(20-3,21-4)22-5)19(18)24(8,9)15-11-2;;;;/h10-11H,1-2,12,14-16H2,3-9H3;3*1H3;/q4*-1;+4. The maximum Gasteiger partial charge on any atom is 4.00 e. The molecule has 1 rings (SSSR count). The van der Waals surface area contributed by atoms with Gasteiger partial charge in [0.2, 0.25) is 0 Å². The van der Waals surface area contributed by atoms with Crippen LogP contribution in [0, 0.1) is 28.4 Å². The second-order valence-electron chi connectivity index (χ2n) is 7.93. The number of allylic oxidation sites excluding steroid dienone is 6. The molecule has 0 radical (unpaired) electrons. The molecule has 1 aliphatic rings. The van der Waals surface area contributed by atoms with Gasteiger partial charge in [-0.3, -0.25) is 6.08 Å². The summed E-state index contributed by atoms with van der Waals surface area (Å²) >= 11 is 0. The third kappa shape index (κ3) is 8.68. The van der Waals surface area contributed by atoms with Crippen LogP contribution >= 0.6 is 0 Å². The molecule has 0 aromatic rings. The first-order valence-corrected chi connectivity index (χ1v) is 17.2. The van der Waals surface area contributed by atoms with Gasteiger partial charge in [0.25, 0.3) is 0 Å². The second kappa shape index (κ2) is 15.1. The fourth-order valence-electron chi connectivity index (χ4n) is 3.75. The predicted octanol–water partition coefficient (Wildman–Crippen LogP) is 6.51. The van der Waals surface area contributed by atoms with E-state index in [9.17, 15) is 0 Å². The Kier molecular flexibility index (Phi) is 19.0. The van der Waals surface area contributed by atoms with E-state index < -0.39 is 25.0 Å². The number of rotatable bonds is 11. The first-order valence-electron chi connectivity index (χ1n) is 8.84. The summed E-state index contributed by atoms with van der Waals surface area (Å²) in [6, 6.07) is 2.89. The summed E-state index contributed by atoms with van der Waals surface area (Å²) in [6.07, 6.45) is 8.76. The molecule has 0 saturated carbocycles. The van der Waals surface area contributed by atoms with E-state index in [-0.39, 0.29) is 43.3 Å². The third-order valence-electron chi connectivity index (χ3n) is 5.11. The van der Waals surface area contributed by atoms with Gasteiger partial charge in [0.15, 0.2) is 0 Å². The van der Waals surface area contributed by atoms with Gasteiger partial charge in [-0.25, -0.2) is 10.4 Å². The smallest absolute Gasteiger partial charge is 0.377 e. The zero-order valence-corrected chi connectivity index (χ0v) is 25.7. The van der Waals surface area contributed by atoms with E-state index in [4.69, 9.17) is 13.3 Å². The molecular formula is C22H44O3PtSi3. The van der Waals surface area contributed by atoms with Crippen molar-refractivity contribution in [1.29, 1.82) is 0 Å². The van der Waals surface area contributed by atoms with E-state index in [0.29, 0.717) is 0 Å². The van der Waals surface area contributed by atoms with Crippen LogP contribution < -0.4 is 0 Å². The van der Waals surface area contributed by atoms with Crippen molar-refractivity contribution in [2.45, 2.75) is 50.7 Å². The van der Waals surface area contributed by atoms with Crippen molar-refractivity contribution in [3.8, 4) is 0 Å². The Hall–Kier alpha value is 0.179. The van der Waals surface area contributed by atoms with Gasteiger partial charge in [-0.2, -0.15) is 5.57 Å². The summed E-state index contributed by atoms with van der Waals surface area (Å²) in [5, 5.41) is 3.06. The van der Waals surface area contributed by atoms with Crippen LogP contribution in [0.25, 0.3) is 0 Å². The first kappa shape index (κ1) is 36.5. The van der Waals surface area contributed by atoms with Gasteiger partial charge < -0.3 is 35.6 Å². The molecule has 172 valence electrons. The second-order valence-corrected chi connectivity index (χ2v) is 20.2. The average molecular weight is 636 g/mol. The zero-order valence-electron chi connectivity index (χ0n) is 20.4. The molecule has 7 heteroatoms. The number of hydrogen-bond donors (Lipinski definition) is 0. The van der Waals surface area contributed by atoms with Crippen LogP contribution in [0.4, 0.5) is 0 Å². The Morgan fingerprint density at radius 1 is 0.862 bits per heavy atom. The summed E-state index contributed by atoms with van der Waals surface area (Å²) in [4.78, 5) is 0. The van der Waals surface area contributed by atoms with E-state index >= 15 is 0 Å². The molecular weight excluding hydrogens is 592 g/mol. The van der Waals surface area contributed by atoms with Gasteiger partial charge in [0.1, 0.15) is 0 Å². The molecule has 0 saturated heterocycles. The Morgan fingerprint density at radius 2 is 1.28 bits per heavy atom. The van der Waals surface area contributed by atoms with Crippen LogP contribution in [0.3, 0.4) is 0 Å². The molecule has 0 bridgehead atoms. The first-order chi connectivity index (χ1) is 11.6. The van der Waals surface area contributed by atoms with Crippen LogP contribution in [0.15, 0.2) is 41.3 Å². The van der Waals surface area contributed by atoms with E-state index in [1.807, 2.05) is 0 Å². The fraction of sp³-hybridized carbons (Fsp3) is 0.500. The monoisotopic (exact) mass is 635 g/mol. The van der Waals surface area contributed by atoms with Gasteiger partial charge in [-0.1, -0.05) is 44.4 Å². The topological polar surface area (TPSA) is 27.7 Å². The quantitative estimate of drug-likeness (QED) is 0.147. The molecule has 3 nitrogen and oxygen atoms in total. The maximum absolute atomic E-state index is 5.70. The van der Waals surface area contributed by atoms with Crippen LogP contribution in [0.1, 0.15) is 6.42 Å². The predicted molar refractivity (Wildman–Crippen MR) is 134 cm³/mol. The largest absolute Gasteiger partial charge is 4.00 e. The van der Waals surface area contributed by atoms with E-state index in [1.165, 1.54) is 10.8 Å². The van der Waals surface area contributed by atoms with Crippen LogP contribution in [-0.2, 0) is 34.3 Å². The molecule has 0 amide bonds. The van der Waals surface area contributed by atoms with Gasteiger partial charge in [-0.15, -0.1) is 19.6 Å². The van der Waals surface area contributed by atoms with Gasteiger partial charge in [0, 0.05) is 35.4 Å². The number of hydrogen-bond acceptors (Lipinski definition) is 3. The molecule has 0 aliphatic heterocycles. The Bertz CT molecular complexity index is 557. The Balaban J connectivity index is -0.000000781.